The van der Waals surface area contributed by atoms with Crippen molar-refractivity contribution in [3.63, 3.8) is 0 Å². The minimum atomic E-state index is -3.77. The maximum atomic E-state index is 12.7. The molecular weight excluding hydrogens is 530 g/mol. The Labute approximate surface area is 188 Å². The summed E-state index contributed by atoms with van der Waals surface area (Å²) in [5.41, 5.74) is 2.36. The van der Waals surface area contributed by atoms with Crippen LogP contribution >= 0.6 is 44.5 Å². The van der Waals surface area contributed by atoms with Crippen LogP contribution in [0.4, 0.5) is 5.95 Å². The number of benzene rings is 2. The Morgan fingerprint density at radius 1 is 1.18 bits per heavy atom. The first-order chi connectivity index (χ1) is 12.8. The van der Waals surface area contributed by atoms with Crippen molar-refractivity contribution in [1.82, 2.24) is 9.55 Å². The Kier molecular flexibility index (Phi) is 7.50. The Bertz CT molecular complexity index is 1080. The zero-order valence-corrected chi connectivity index (χ0v) is 19.8. The van der Waals surface area contributed by atoms with E-state index in [4.69, 9.17) is 11.6 Å². The van der Waals surface area contributed by atoms with Crippen LogP contribution in [0.1, 0.15) is 5.69 Å². The van der Waals surface area contributed by atoms with Gasteiger partial charge in [0.1, 0.15) is 0 Å². The van der Waals surface area contributed by atoms with Crippen molar-refractivity contribution in [2.45, 2.75) is 18.4 Å². The van der Waals surface area contributed by atoms with Gasteiger partial charge in [-0.1, -0.05) is 45.7 Å². The molecule has 5 nitrogen and oxygen atoms in total. The number of rotatable bonds is 6. The van der Waals surface area contributed by atoms with Gasteiger partial charge in [-0.15, -0.1) is 23.6 Å². The molecule has 3 aromatic rings. The Morgan fingerprint density at radius 2 is 1.79 bits per heavy atom. The normalized spacial score (nSPS) is 11.0. The fourth-order valence-electron chi connectivity index (χ4n) is 2.64. The molecule has 0 atom stereocenters. The molecule has 0 aliphatic heterocycles. The van der Waals surface area contributed by atoms with E-state index in [0.717, 1.165) is 15.7 Å². The lowest BCUT2D eigenvalue weighted by Crippen LogP contribution is -2.17. The zero-order chi connectivity index (χ0) is 19.6. The third-order valence-corrected chi connectivity index (χ3v) is 6.12. The highest BCUT2D eigenvalue weighted by molar-refractivity contribution is 9.10. The number of anilines is 1. The SMILES string of the molecule is Br.C=CCn1c(NS(=O)(=O)c2ccc(Br)cc2)nc(-c2ccc(Cl)cc2)c1C. The molecular formula is C19H18Br2ClN3O2S. The van der Waals surface area contributed by atoms with E-state index in [1.165, 1.54) is 12.1 Å². The van der Waals surface area contributed by atoms with Crippen LogP contribution in [0.3, 0.4) is 0 Å². The van der Waals surface area contributed by atoms with Crippen molar-refractivity contribution in [3.05, 3.63) is 76.4 Å². The lowest BCUT2D eigenvalue weighted by Gasteiger charge is -2.10. The molecule has 0 amide bonds. The molecule has 9 heteroatoms. The number of allylic oxidation sites excluding steroid dienone is 1. The van der Waals surface area contributed by atoms with Crippen LogP contribution in [0, 0.1) is 6.92 Å². The van der Waals surface area contributed by atoms with Crippen molar-refractivity contribution in [1.29, 1.82) is 0 Å². The third kappa shape index (κ3) is 4.86. The number of imidazole rings is 1. The summed E-state index contributed by atoms with van der Waals surface area (Å²) in [7, 11) is -3.77. The first-order valence-corrected chi connectivity index (χ1v) is 10.7. The Hall–Kier alpha value is -1.61. The zero-order valence-electron chi connectivity index (χ0n) is 14.9. The summed E-state index contributed by atoms with van der Waals surface area (Å²) in [6.07, 6.45) is 1.69. The maximum Gasteiger partial charge on any atom is 0.264 e. The van der Waals surface area contributed by atoms with Crippen LogP contribution in [0.2, 0.25) is 5.02 Å². The van der Waals surface area contributed by atoms with E-state index in [-0.39, 0.29) is 27.8 Å². The fraction of sp³-hybridized carbons (Fsp3) is 0.105. The topological polar surface area (TPSA) is 64.0 Å². The van der Waals surface area contributed by atoms with Crippen LogP contribution in [0.5, 0.6) is 0 Å². The van der Waals surface area contributed by atoms with Crippen LogP contribution < -0.4 is 4.72 Å². The second kappa shape index (κ2) is 9.26. The van der Waals surface area contributed by atoms with Gasteiger partial charge in [-0.25, -0.2) is 18.1 Å². The van der Waals surface area contributed by atoms with Crippen molar-refractivity contribution < 1.29 is 8.42 Å². The van der Waals surface area contributed by atoms with E-state index in [0.29, 0.717) is 17.3 Å². The first kappa shape index (κ1) is 22.7. The summed E-state index contributed by atoms with van der Waals surface area (Å²) in [5.74, 6) is 0.236. The number of nitrogens with one attached hydrogen (secondary N) is 1. The molecule has 0 spiro atoms. The summed E-state index contributed by atoms with van der Waals surface area (Å²) >= 11 is 9.26. The second-order valence-corrected chi connectivity index (χ2v) is 8.87. The van der Waals surface area contributed by atoms with E-state index in [1.807, 2.05) is 19.1 Å². The van der Waals surface area contributed by atoms with E-state index in [2.05, 4.69) is 32.2 Å². The molecule has 0 saturated heterocycles. The highest BCUT2D eigenvalue weighted by Gasteiger charge is 2.21. The number of hydrogen-bond donors (Lipinski definition) is 1. The smallest absolute Gasteiger partial charge is 0.264 e. The highest BCUT2D eigenvalue weighted by atomic mass is 79.9. The maximum absolute atomic E-state index is 12.7. The largest absolute Gasteiger partial charge is 0.310 e. The summed E-state index contributed by atoms with van der Waals surface area (Å²) < 4.78 is 30.7. The van der Waals surface area contributed by atoms with Gasteiger partial charge in [0, 0.05) is 27.3 Å². The van der Waals surface area contributed by atoms with Crippen LogP contribution in [0.25, 0.3) is 11.3 Å². The monoisotopic (exact) mass is 545 g/mol. The quantitative estimate of drug-likeness (QED) is 0.395. The van der Waals surface area contributed by atoms with Crippen LogP contribution in [0.15, 0.2) is 70.6 Å². The molecule has 148 valence electrons. The van der Waals surface area contributed by atoms with Gasteiger partial charge >= 0.3 is 0 Å². The van der Waals surface area contributed by atoms with Gasteiger partial charge in [0.25, 0.3) is 10.0 Å². The molecule has 1 N–H and O–H groups in total. The lowest BCUT2D eigenvalue weighted by molar-refractivity contribution is 0.600. The summed E-state index contributed by atoms with van der Waals surface area (Å²) in [4.78, 5) is 4.69. The molecule has 28 heavy (non-hydrogen) atoms. The van der Waals surface area contributed by atoms with Gasteiger partial charge in [0.05, 0.1) is 10.6 Å². The molecule has 0 aliphatic rings. The van der Waals surface area contributed by atoms with E-state index < -0.39 is 10.0 Å². The molecule has 0 fully saturated rings. The first-order valence-electron chi connectivity index (χ1n) is 8.04. The number of hydrogen-bond acceptors (Lipinski definition) is 3. The van der Waals surface area contributed by atoms with Crippen molar-refractivity contribution >= 4 is 60.5 Å². The summed E-state index contributed by atoms with van der Waals surface area (Å²) in [6, 6.07) is 13.7. The van der Waals surface area contributed by atoms with E-state index >= 15 is 0 Å². The molecule has 0 saturated carbocycles. The molecule has 3 rings (SSSR count). The van der Waals surface area contributed by atoms with Crippen LogP contribution in [-0.2, 0) is 16.6 Å². The average Bonchev–Trinajstić information content (AvgIpc) is 2.92. The molecule has 0 unspecified atom stereocenters. The van der Waals surface area contributed by atoms with E-state index in [1.54, 1.807) is 34.9 Å². The predicted octanol–water partition coefficient (Wildman–Crippen LogP) is 5.84. The van der Waals surface area contributed by atoms with Crippen molar-refractivity contribution in [2.75, 3.05) is 4.72 Å². The third-order valence-electron chi connectivity index (χ3n) is 4.00. The molecule has 1 heterocycles. The molecule has 0 radical (unpaired) electrons. The minimum Gasteiger partial charge on any atom is -0.310 e. The molecule has 0 bridgehead atoms. The number of halogens is 3. The molecule has 0 aliphatic carbocycles. The number of nitrogens with zero attached hydrogens (tertiary/aromatic N) is 2. The number of aromatic nitrogens is 2. The van der Waals surface area contributed by atoms with Crippen molar-refractivity contribution in [2.24, 2.45) is 0 Å². The van der Waals surface area contributed by atoms with Gasteiger partial charge in [0.2, 0.25) is 5.95 Å². The Morgan fingerprint density at radius 3 is 2.36 bits per heavy atom. The lowest BCUT2D eigenvalue weighted by atomic mass is 10.1. The van der Waals surface area contributed by atoms with Crippen LogP contribution in [-0.4, -0.2) is 18.0 Å². The Balaban J connectivity index is 0.00000280. The molecule has 1 aromatic heterocycles. The van der Waals surface area contributed by atoms with Gasteiger partial charge in [-0.3, -0.25) is 0 Å². The number of sulfonamides is 1. The average molecular weight is 548 g/mol. The van der Waals surface area contributed by atoms with Gasteiger partial charge < -0.3 is 4.57 Å². The molecule has 2 aromatic carbocycles. The second-order valence-electron chi connectivity index (χ2n) is 5.84. The standard InChI is InChI=1S/C19H17BrClN3O2S.BrH/c1-3-12-24-13(2)18(14-4-8-16(21)9-5-14)22-19(24)23-27(25,26)17-10-6-15(20)7-11-17;/h3-11H,1,12H2,2H3,(H,22,23);1H. The summed E-state index contributed by atoms with van der Waals surface area (Å²) in [6.45, 7) is 6.06. The fourth-order valence-corrected chi connectivity index (χ4v) is 4.04. The van der Waals surface area contributed by atoms with Crippen molar-refractivity contribution in [3.8, 4) is 11.3 Å². The predicted molar refractivity (Wildman–Crippen MR) is 123 cm³/mol. The van der Waals surface area contributed by atoms with Gasteiger partial charge in [-0.05, 0) is 43.3 Å². The van der Waals surface area contributed by atoms with Gasteiger partial charge in [0.15, 0.2) is 0 Å². The van der Waals surface area contributed by atoms with E-state index in [9.17, 15) is 8.42 Å². The minimum absolute atomic E-state index is 0. The van der Waals surface area contributed by atoms with Gasteiger partial charge in [-0.2, -0.15) is 0 Å². The summed E-state index contributed by atoms with van der Waals surface area (Å²) in [5, 5.41) is 0.623. The highest BCUT2D eigenvalue weighted by Crippen LogP contribution is 2.28.